The SMILES string of the molecule is COC(=O)c1ccc(OCC(=O)N[C@H](C)c2ccc(Cl)cc2Cl)cc1. The van der Waals surface area contributed by atoms with Gasteiger partial charge in [-0.15, -0.1) is 0 Å². The number of nitrogens with one attached hydrogen (secondary N) is 1. The van der Waals surface area contributed by atoms with Crippen molar-refractivity contribution < 1.29 is 19.1 Å². The third-order valence-corrected chi connectivity index (χ3v) is 4.01. The first-order chi connectivity index (χ1) is 11.9. The number of carbonyl (C=O) groups is 2. The van der Waals surface area contributed by atoms with Gasteiger partial charge in [-0.1, -0.05) is 29.3 Å². The van der Waals surface area contributed by atoms with Crippen LogP contribution in [0.1, 0.15) is 28.9 Å². The fourth-order valence-corrected chi connectivity index (χ4v) is 2.74. The molecule has 0 heterocycles. The Bertz CT molecular complexity index is 762. The van der Waals surface area contributed by atoms with E-state index in [1.165, 1.54) is 7.11 Å². The summed E-state index contributed by atoms with van der Waals surface area (Å²) in [5, 5.41) is 3.82. The highest BCUT2D eigenvalue weighted by molar-refractivity contribution is 6.35. The van der Waals surface area contributed by atoms with E-state index in [-0.39, 0.29) is 18.6 Å². The highest BCUT2D eigenvalue weighted by atomic mass is 35.5. The van der Waals surface area contributed by atoms with Crippen molar-refractivity contribution in [3.8, 4) is 5.75 Å². The van der Waals surface area contributed by atoms with E-state index in [4.69, 9.17) is 27.9 Å². The molecule has 7 heteroatoms. The van der Waals surface area contributed by atoms with Gasteiger partial charge in [-0.05, 0) is 48.9 Å². The molecule has 0 fully saturated rings. The van der Waals surface area contributed by atoms with Crippen LogP contribution in [0.3, 0.4) is 0 Å². The van der Waals surface area contributed by atoms with Crippen LogP contribution in [0.5, 0.6) is 5.75 Å². The lowest BCUT2D eigenvalue weighted by Gasteiger charge is -2.16. The molecule has 1 amide bonds. The van der Waals surface area contributed by atoms with E-state index in [0.29, 0.717) is 21.4 Å². The van der Waals surface area contributed by atoms with Crippen molar-refractivity contribution in [3.05, 3.63) is 63.6 Å². The first-order valence-electron chi connectivity index (χ1n) is 7.46. The number of rotatable bonds is 6. The van der Waals surface area contributed by atoms with Crippen molar-refractivity contribution in [2.24, 2.45) is 0 Å². The summed E-state index contributed by atoms with van der Waals surface area (Å²) in [6.45, 7) is 1.66. The number of carbonyl (C=O) groups excluding carboxylic acids is 2. The van der Waals surface area contributed by atoms with E-state index in [1.54, 1.807) is 42.5 Å². The summed E-state index contributed by atoms with van der Waals surface area (Å²) in [5.41, 5.74) is 1.17. The largest absolute Gasteiger partial charge is 0.484 e. The molecule has 132 valence electrons. The maximum atomic E-state index is 12.0. The Kier molecular flexibility index (Phi) is 6.67. The van der Waals surface area contributed by atoms with Gasteiger partial charge in [-0.3, -0.25) is 4.79 Å². The molecular formula is C18H17Cl2NO4. The van der Waals surface area contributed by atoms with Crippen LogP contribution < -0.4 is 10.1 Å². The van der Waals surface area contributed by atoms with Crippen LogP contribution in [-0.2, 0) is 9.53 Å². The third kappa shape index (κ3) is 5.37. The number of methoxy groups -OCH3 is 1. The van der Waals surface area contributed by atoms with Crippen LogP contribution in [0.2, 0.25) is 10.0 Å². The molecule has 0 spiro atoms. The van der Waals surface area contributed by atoms with Gasteiger partial charge in [0.25, 0.3) is 5.91 Å². The third-order valence-electron chi connectivity index (χ3n) is 3.45. The molecule has 0 aliphatic carbocycles. The van der Waals surface area contributed by atoms with Crippen molar-refractivity contribution >= 4 is 35.1 Å². The molecule has 0 bridgehead atoms. The van der Waals surface area contributed by atoms with Crippen molar-refractivity contribution in [2.45, 2.75) is 13.0 Å². The lowest BCUT2D eigenvalue weighted by molar-refractivity contribution is -0.123. The Morgan fingerprint density at radius 1 is 1.12 bits per heavy atom. The average Bonchev–Trinajstić information content (AvgIpc) is 2.59. The molecule has 1 atom stereocenters. The first-order valence-corrected chi connectivity index (χ1v) is 8.21. The molecule has 2 aromatic rings. The van der Waals surface area contributed by atoms with Crippen molar-refractivity contribution in [3.63, 3.8) is 0 Å². The van der Waals surface area contributed by atoms with E-state index >= 15 is 0 Å². The molecule has 0 aliphatic rings. The zero-order chi connectivity index (χ0) is 18.4. The van der Waals surface area contributed by atoms with Gasteiger partial charge in [0.15, 0.2) is 6.61 Å². The van der Waals surface area contributed by atoms with E-state index in [2.05, 4.69) is 10.1 Å². The summed E-state index contributed by atoms with van der Waals surface area (Å²) in [6, 6.07) is 11.1. The lowest BCUT2D eigenvalue weighted by Crippen LogP contribution is -2.31. The number of amides is 1. The van der Waals surface area contributed by atoms with Crippen LogP contribution in [0.15, 0.2) is 42.5 Å². The molecule has 5 nitrogen and oxygen atoms in total. The fourth-order valence-electron chi connectivity index (χ4n) is 2.17. The fraction of sp³-hybridized carbons (Fsp3) is 0.222. The Morgan fingerprint density at radius 3 is 2.40 bits per heavy atom. The predicted molar refractivity (Wildman–Crippen MR) is 96.3 cm³/mol. The number of esters is 1. The standard InChI is InChI=1S/C18H17Cl2NO4/c1-11(15-8-5-13(19)9-16(15)20)21-17(22)10-25-14-6-3-12(4-7-14)18(23)24-2/h3-9,11H,10H2,1-2H3,(H,21,22)/t11-/m1/s1. The molecule has 0 radical (unpaired) electrons. The van der Waals surface area contributed by atoms with E-state index < -0.39 is 5.97 Å². The molecule has 25 heavy (non-hydrogen) atoms. The summed E-state index contributed by atoms with van der Waals surface area (Å²) >= 11 is 12.0. The van der Waals surface area contributed by atoms with Crippen LogP contribution in [0.25, 0.3) is 0 Å². The topological polar surface area (TPSA) is 64.6 Å². The maximum absolute atomic E-state index is 12.0. The van der Waals surface area contributed by atoms with Crippen molar-refractivity contribution in [2.75, 3.05) is 13.7 Å². The Hall–Kier alpha value is -2.24. The average molecular weight is 382 g/mol. The van der Waals surface area contributed by atoms with E-state index in [0.717, 1.165) is 5.56 Å². The summed E-state index contributed by atoms with van der Waals surface area (Å²) in [7, 11) is 1.31. The summed E-state index contributed by atoms with van der Waals surface area (Å²) in [6.07, 6.45) is 0. The van der Waals surface area contributed by atoms with Crippen molar-refractivity contribution in [1.82, 2.24) is 5.32 Å². The highest BCUT2D eigenvalue weighted by Crippen LogP contribution is 2.26. The quantitative estimate of drug-likeness (QED) is 0.766. The van der Waals surface area contributed by atoms with Crippen molar-refractivity contribution in [1.29, 1.82) is 0 Å². The number of ether oxygens (including phenoxy) is 2. The minimum Gasteiger partial charge on any atom is -0.484 e. The second kappa shape index (κ2) is 8.74. The molecule has 0 aromatic heterocycles. The second-order valence-electron chi connectivity index (χ2n) is 5.26. The van der Waals surface area contributed by atoms with Crippen LogP contribution in [-0.4, -0.2) is 25.6 Å². The molecule has 2 aromatic carbocycles. The van der Waals surface area contributed by atoms with Gasteiger partial charge in [-0.25, -0.2) is 4.79 Å². The van der Waals surface area contributed by atoms with Gasteiger partial charge in [0.2, 0.25) is 0 Å². The van der Waals surface area contributed by atoms with Gasteiger partial charge in [0.1, 0.15) is 5.75 Å². The molecule has 2 rings (SSSR count). The minimum atomic E-state index is -0.432. The molecule has 1 N–H and O–H groups in total. The Morgan fingerprint density at radius 2 is 1.80 bits per heavy atom. The van der Waals surface area contributed by atoms with Crippen LogP contribution in [0.4, 0.5) is 0 Å². The number of halogens is 2. The highest BCUT2D eigenvalue weighted by Gasteiger charge is 2.13. The maximum Gasteiger partial charge on any atom is 0.337 e. The normalized spacial score (nSPS) is 11.5. The number of benzene rings is 2. The Balaban J connectivity index is 1.88. The number of hydrogen-bond acceptors (Lipinski definition) is 4. The molecule has 0 saturated carbocycles. The van der Waals surface area contributed by atoms with E-state index in [9.17, 15) is 9.59 Å². The summed E-state index contributed by atoms with van der Waals surface area (Å²) in [4.78, 5) is 23.4. The summed E-state index contributed by atoms with van der Waals surface area (Å²) < 4.78 is 10.0. The predicted octanol–water partition coefficient (Wildman–Crippen LogP) is 4.04. The van der Waals surface area contributed by atoms with Crippen LogP contribution >= 0.6 is 23.2 Å². The zero-order valence-corrected chi connectivity index (χ0v) is 15.2. The zero-order valence-electron chi connectivity index (χ0n) is 13.7. The molecule has 0 unspecified atom stereocenters. The van der Waals surface area contributed by atoms with Gasteiger partial charge in [0, 0.05) is 10.0 Å². The van der Waals surface area contributed by atoms with E-state index in [1.807, 2.05) is 6.92 Å². The first kappa shape index (κ1) is 19.1. The smallest absolute Gasteiger partial charge is 0.337 e. The molecule has 0 saturated heterocycles. The van der Waals surface area contributed by atoms with Gasteiger partial charge in [0.05, 0.1) is 18.7 Å². The minimum absolute atomic E-state index is 0.160. The van der Waals surface area contributed by atoms with Gasteiger partial charge in [-0.2, -0.15) is 0 Å². The monoisotopic (exact) mass is 381 g/mol. The molecule has 0 aliphatic heterocycles. The number of hydrogen-bond donors (Lipinski definition) is 1. The lowest BCUT2D eigenvalue weighted by atomic mass is 10.1. The Labute approximate surface area is 155 Å². The second-order valence-corrected chi connectivity index (χ2v) is 6.10. The van der Waals surface area contributed by atoms with Gasteiger partial charge >= 0.3 is 5.97 Å². The van der Waals surface area contributed by atoms with Crippen LogP contribution in [0, 0.1) is 0 Å². The van der Waals surface area contributed by atoms with Gasteiger partial charge < -0.3 is 14.8 Å². The molecular weight excluding hydrogens is 365 g/mol. The summed E-state index contributed by atoms with van der Waals surface area (Å²) in [5.74, 6) is -0.256.